The third-order valence-electron chi connectivity index (χ3n) is 4.90. The number of carbonyl (C=O) groups excluding carboxylic acids is 1. The first kappa shape index (κ1) is 22.7. The van der Waals surface area contributed by atoms with Crippen molar-refractivity contribution in [2.24, 2.45) is 0 Å². The lowest BCUT2D eigenvalue weighted by molar-refractivity contribution is -0.132. The maximum absolute atomic E-state index is 12.9. The van der Waals surface area contributed by atoms with Crippen LogP contribution in [0.1, 0.15) is 17.2 Å². The lowest BCUT2D eigenvalue weighted by Crippen LogP contribution is -2.32. The van der Waals surface area contributed by atoms with Crippen LogP contribution in [-0.2, 0) is 16.0 Å². The molecule has 1 amide bonds. The van der Waals surface area contributed by atoms with Crippen LogP contribution in [0.15, 0.2) is 60.7 Å². The van der Waals surface area contributed by atoms with Gasteiger partial charge in [0.05, 0.1) is 7.11 Å². The van der Waals surface area contributed by atoms with Crippen molar-refractivity contribution in [2.75, 3.05) is 26.9 Å². The number of rotatable bonds is 10. The fourth-order valence-electron chi connectivity index (χ4n) is 3.35. The minimum absolute atomic E-state index is 0.0429. The lowest BCUT2D eigenvalue weighted by Gasteiger charge is -2.18. The lowest BCUT2D eigenvalue weighted by atomic mass is 10.0. The van der Waals surface area contributed by atoms with E-state index in [0.717, 1.165) is 21.9 Å². The fourth-order valence-corrected chi connectivity index (χ4v) is 3.35. The average Bonchev–Trinajstić information content (AvgIpc) is 2.83. The molecule has 3 rings (SSSR count). The molecular formula is C27H25NO4. The number of methoxy groups -OCH3 is 1. The number of hydrogen-bond donors (Lipinski definition) is 1. The van der Waals surface area contributed by atoms with Gasteiger partial charge in [-0.25, -0.2) is 0 Å². The molecule has 5 nitrogen and oxygen atoms in total. The number of hydrogen-bond acceptors (Lipinski definition) is 4. The number of nitrogens with one attached hydrogen (secondary N) is 1. The summed E-state index contributed by atoms with van der Waals surface area (Å²) in [6.45, 7) is 0.636. The molecule has 0 spiro atoms. The van der Waals surface area contributed by atoms with Gasteiger partial charge in [-0.3, -0.25) is 4.79 Å². The minimum Gasteiger partial charge on any atom is -0.493 e. The summed E-state index contributed by atoms with van der Waals surface area (Å²) in [7, 11) is 1.57. The Hall–Kier alpha value is -3.93. The average molecular weight is 428 g/mol. The van der Waals surface area contributed by atoms with Crippen LogP contribution < -0.4 is 14.8 Å². The van der Waals surface area contributed by atoms with Crippen LogP contribution in [-0.4, -0.2) is 32.8 Å². The highest BCUT2D eigenvalue weighted by atomic mass is 16.5. The minimum atomic E-state index is -0.787. The molecule has 0 radical (unpaired) electrons. The van der Waals surface area contributed by atoms with E-state index in [2.05, 4.69) is 17.2 Å². The van der Waals surface area contributed by atoms with Crippen molar-refractivity contribution in [3.8, 4) is 36.2 Å². The first-order chi connectivity index (χ1) is 15.7. The second kappa shape index (κ2) is 11.5. The predicted molar refractivity (Wildman–Crippen MR) is 126 cm³/mol. The van der Waals surface area contributed by atoms with E-state index in [1.807, 2.05) is 54.6 Å². The highest BCUT2D eigenvalue weighted by molar-refractivity contribution is 5.87. The van der Waals surface area contributed by atoms with E-state index >= 15 is 0 Å². The first-order valence-corrected chi connectivity index (χ1v) is 10.2. The van der Waals surface area contributed by atoms with E-state index in [9.17, 15) is 4.79 Å². The van der Waals surface area contributed by atoms with Gasteiger partial charge in [0, 0.05) is 6.54 Å². The topological polar surface area (TPSA) is 56.8 Å². The third-order valence-corrected chi connectivity index (χ3v) is 4.90. The molecule has 0 bridgehead atoms. The summed E-state index contributed by atoms with van der Waals surface area (Å²) in [5, 5.41) is 5.07. The molecule has 0 saturated carbocycles. The van der Waals surface area contributed by atoms with Crippen molar-refractivity contribution in [3.63, 3.8) is 0 Å². The Morgan fingerprint density at radius 1 is 0.969 bits per heavy atom. The summed E-state index contributed by atoms with van der Waals surface area (Å²) in [5.74, 6) is 5.80. The molecule has 0 aromatic heterocycles. The Morgan fingerprint density at radius 3 is 2.50 bits per heavy atom. The van der Waals surface area contributed by atoms with Crippen LogP contribution in [0.2, 0.25) is 0 Å². The van der Waals surface area contributed by atoms with E-state index in [-0.39, 0.29) is 19.1 Å². The zero-order valence-electron chi connectivity index (χ0n) is 18.0. The first-order valence-electron chi connectivity index (χ1n) is 10.2. The Balaban J connectivity index is 1.66. The number of terminal acetylenes is 2. The largest absolute Gasteiger partial charge is 0.493 e. The molecule has 0 heterocycles. The second-order valence-corrected chi connectivity index (χ2v) is 7.02. The van der Waals surface area contributed by atoms with Gasteiger partial charge in [0.25, 0.3) is 5.91 Å². The van der Waals surface area contributed by atoms with Crippen molar-refractivity contribution < 1.29 is 19.0 Å². The van der Waals surface area contributed by atoms with Crippen LogP contribution in [0.3, 0.4) is 0 Å². The van der Waals surface area contributed by atoms with Gasteiger partial charge in [0.2, 0.25) is 0 Å². The van der Waals surface area contributed by atoms with E-state index < -0.39 is 6.10 Å². The number of amides is 1. The SMILES string of the molecule is C#CCOc1ccc(CCNC(=O)C(OCC#C)c2ccc3ccccc3c2)cc1OC. The van der Waals surface area contributed by atoms with Gasteiger partial charge in [-0.05, 0) is 46.5 Å². The summed E-state index contributed by atoms with van der Waals surface area (Å²) in [6.07, 6.45) is 10.4. The monoisotopic (exact) mass is 427 g/mol. The Labute approximate surface area is 188 Å². The molecule has 5 heteroatoms. The van der Waals surface area contributed by atoms with Crippen molar-refractivity contribution in [2.45, 2.75) is 12.5 Å². The number of ether oxygens (including phenoxy) is 3. The van der Waals surface area contributed by atoms with E-state index in [1.165, 1.54) is 0 Å². The zero-order valence-corrected chi connectivity index (χ0v) is 18.0. The molecule has 3 aromatic carbocycles. The highest BCUT2D eigenvalue weighted by Crippen LogP contribution is 2.28. The molecule has 1 unspecified atom stereocenters. The molecule has 0 aliphatic carbocycles. The standard InChI is InChI=1S/C27H25NO4/c1-4-16-31-24-13-10-20(18-25(24)30-3)14-15-28-27(29)26(32-17-5-2)23-12-11-21-8-6-7-9-22(21)19-23/h1-2,6-13,18-19,26H,14-17H2,3H3,(H,28,29). The molecule has 1 N–H and O–H groups in total. The fraction of sp³-hybridized carbons (Fsp3) is 0.222. The summed E-state index contributed by atoms with van der Waals surface area (Å²) >= 11 is 0. The van der Waals surface area contributed by atoms with E-state index in [0.29, 0.717) is 24.5 Å². The molecule has 0 aliphatic heterocycles. The van der Waals surface area contributed by atoms with Crippen LogP contribution in [0.5, 0.6) is 11.5 Å². The van der Waals surface area contributed by atoms with Crippen LogP contribution >= 0.6 is 0 Å². The summed E-state index contributed by atoms with van der Waals surface area (Å²) in [4.78, 5) is 12.9. The van der Waals surface area contributed by atoms with Gasteiger partial charge in [-0.1, -0.05) is 54.3 Å². The number of fused-ring (bicyclic) bond motifs is 1. The molecule has 0 aliphatic rings. The van der Waals surface area contributed by atoms with Crippen LogP contribution in [0.4, 0.5) is 0 Å². The highest BCUT2D eigenvalue weighted by Gasteiger charge is 2.21. The zero-order chi connectivity index (χ0) is 22.8. The smallest absolute Gasteiger partial charge is 0.253 e. The van der Waals surface area contributed by atoms with E-state index in [4.69, 9.17) is 27.1 Å². The molecule has 0 saturated heterocycles. The Bertz CT molecular complexity index is 1160. The predicted octanol–water partition coefficient (Wildman–Crippen LogP) is 3.91. The van der Waals surface area contributed by atoms with Crippen LogP contribution in [0.25, 0.3) is 10.8 Å². The van der Waals surface area contributed by atoms with Gasteiger partial charge in [-0.2, -0.15) is 0 Å². The number of benzene rings is 3. The summed E-state index contributed by atoms with van der Waals surface area (Å²) < 4.78 is 16.5. The maximum atomic E-state index is 12.9. The summed E-state index contributed by atoms with van der Waals surface area (Å²) in [6, 6.07) is 19.4. The quantitative estimate of drug-likeness (QED) is 0.499. The van der Waals surface area contributed by atoms with Gasteiger partial charge >= 0.3 is 0 Å². The molecule has 3 aromatic rings. The third kappa shape index (κ3) is 5.82. The molecular weight excluding hydrogens is 402 g/mol. The number of carbonyl (C=O) groups is 1. The van der Waals surface area contributed by atoms with Crippen molar-refractivity contribution in [1.29, 1.82) is 0 Å². The van der Waals surface area contributed by atoms with Gasteiger partial charge in [-0.15, -0.1) is 12.8 Å². The van der Waals surface area contributed by atoms with Gasteiger partial charge in [0.1, 0.15) is 13.2 Å². The summed E-state index contributed by atoms with van der Waals surface area (Å²) in [5.41, 5.74) is 1.75. The maximum Gasteiger partial charge on any atom is 0.253 e. The van der Waals surface area contributed by atoms with Gasteiger partial charge in [0.15, 0.2) is 17.6 Å². The van der Waals surface area contributed by atoms with Crippen LogP contribution in [0, 0.1) is 24.7 Å². The second-order valence-electron chi connectivity index (χ2n) is 7.02. The molecule has 0 fully saturated rings. The van der Waals surface area contributed by atoms with E-state index in [1.54, 1.807) is 13.2 Å². The van der Waals surface area contributed by atoms with Crippen molar-refractivity contribution in [1.82, 2.24) is 5.32 Å². The Morgan fingerprint density at radius 2 is 1.75 bits per heavy atom. The van der Waals surface area contributed by atoms with Gasteiger partial charge < -0.3 is 19.5 Å². The normalized spacial score (nSPS) is 11.2. The van der Waals surface area contributed by atoms with Crippen molar-refractivity contribution >= 4 is 16.7 Å². The molecule has 162 valence electrons. The van der Waals surface area contributed by atoms with Crippen molar-refractivity contribution in [3.05, 3.63) is 71.8 Å². The molecule has 1 atom stereocenters. The molecule has 32 heavy (non-hydrogen) atoms. The Kier molecular flexibility index (Phi) is 8.15.